The van der Waals surface area contributed by atoms with Gasteiger partial charge in [-0.2, -0.15) is 4.31 Å². The average Bonchev–Trinajstić information content (AvgIpc) is 2.42. The number of carbonyl (C=O) groups excluding carboxylic acids is 1. The highest BCUT2D eigenvalue weighted by Gasteiger charge is 2.46. The van der Waals surface area contributed by atoms with E-state index in [1.54, 1.807) is 13.8 Å². The normalized spacial score (nSPS) is 26.2. The number of aliphatic hydroxyl groups excluding tert-OH is 1. The zero-order valence-electron chi connectivity index (χ0n) is 10.1. The Hall–Kier alpha value is -0.920. The minimum atomic E-state index is -3.83. The molecule has 0 spiro atoms. The molecule has 7 heteroatoms. The maximum Gasteiger partial charge on any atom is 0.324 e. The van der Waals surface area contributed by atoms with Crippen LogP contribution in [0.5, 0.6) is 0 Å². The summed E-state index contributed by atoms with van der Waals surface area (Å²) < 4.78 is 29.4. The summed E-state index contributed by atoms with van der Waals surface area (Å²) in [6.45, 7) is 6.61. The summed E-state index contributed by atoms with van der Waals surface area (Å²) in [6, 6.07) is -0.932. The van der Waals surface area contributed by atoms with Gasteiger partial charge < -0.3 is 9.84 Å². The molecule has 1 rings (SSSR count). The van der Waals surface area contributed by atoms with Gasteiger partial charge in [0.15, 0.2) is 0 Å². The molecule has 1 fully saturated rings. The Balaban J connectivity index is 3.14. The van der Waals surface area contributed by atoms with Crippen LogP contribution in [0.1, 0.15) is 13.8 Å². The van der Waals surface area contributed by atoms with Gasteiger partial charge in [0.05, 0.1) is 12.0 Å². The zero-order valence-corrected chi connectivity index (χ0v) is 10.9. The van der Waals surface area contributed by atoms with Gasteiger partial charge in [-0.25, -0.2) is 8.42 Å². The van der Waals surface area contributed by atoms with E-state index in [0.717, 1.165) is 4.31 Å². The molecular weight excluding hydrogens is 246 g/mol. The summed E-state index contributed by atoms with van der Waals surface area (Å²) in [5, 5.41) is 9.52. The van der Waals surface area contributed by atoms with E-state index in [4.69, 9.17) is 0 Å². The van der Waals surface area contributed by atoms with E-state index in [9.17, 15) is 18.3 Å². The highest BCUT2D eigenvalue weighted by Crippen LogP contribution is 2.29. The lowest BCUT2D eigenvalue weighted by Crippen LogP contribution is -2.46. The summed E-state index contributed by atoms with van der Waals surface area (Å²) in [6.07, 6.45) is -1.16. The van der Waals surface area contributed by atoms with E-state index >= 15 is 0 Å². The van der Waals surface area contributed by atoms with Gasteiger partial charge in [-0.15, -0.1) is 0 Å². The SMILES string of the molecule is C=C1C(O)CN([C@H](C(=O)OC)C(C)C)S1(=O)=O. The van der Waals surface area contributed by atoms with Gasteiger partial charge in [0.1, 0.15) is 12.1 Å². The summed E-state index contributed by atoms with van der Waals surface area (Å²) in [5.41, 5.74) is 0. The number of β-amino-alcohol motifs (C(OH)–C–C–N with tert-alkyl or cyclic N) is 1. The number of nitrogens with zero attached hydrogens (tertiary/aromatic N) is 1. The summed E-state index contributed by atoms with van der Waals surface area (Å²) in [5.74, 6) is -0.888. The van der Waals surface area contributed by atoms with Crippen molar-refractivity contribution in [1.82, 2.24) is 4.31 Å². The fraction of sp³-hybridized carbons (Fsp3) is 0.700. The molecule has 0 amide bonds. The van der Waals surface area contributed by atoms with Crippen LogP contribution in [0.15, 0.2) is 11.5 Å². The van der Waals surface area contributed by atoms with E-state index in [1.165, 1.54) is 7.11 Å². The number of esters is 1. The Morgan fingerprint density at radius 2 is 2.12 bits per heavy atom. The van der Waals surface area contributed by atoms with Crippen molar-refractivity contribution in [2.24, 2.45) is 5.92 Å². The Morgan fingerprint density at radius 1 is 1.59 bits per heavy atom. The Labute approximate surface area is 101 Å². The van der Waals surface area contributed by atoms with E-state index in [2.05, 4.69) is 11.3 Å². The maximum absolute atomic E-state index is 11.9. The molecule has 2 atom stereocenters. The van der Waals surface area contributed by atoms with Crippen molar-refractivity contribution in [3.8, 4) is 0 Å². The number of aliphatic hydroxyl groups is 1. The Bertz CT molecular complexity index is 428. The topological polar surface area (TPSA) is 83.9 Å². The predicted octanol–water partition coefficient (Wildman–Crippen LogP) is -0.296. The Morgan fingerprint density at radius 3 is 2.41 bits per heavy atom. The van der Waals surface area contributed by atoms with Crippen molar-refractivity contribution in [1.29, 1.82) is 0 Å². The van der Waals surface area contributed by atoms with Crippen molar-refractivity contribution in [2.75, 3.05) is 13.7 Å². The largest absolute Gasteiger partial charge is 0.468 e. The van der Waals surface area contributed by atoms with E-state index < -0.39 is 28.1 Å². The van der Waals surface area contributed by atoms with Crippen LogP contribution in [-0.2, 0) is 19.6 Å². The number of sulfonamides is 1. The smallest absolute Gasteiger partial charge is 0.324 e. The van der Waals surface area contributed by atoms with Crippen molar-refractivity contribution >= 4 is 16.0 Å². The van der Waals surface area contributed by atoms with E-state index in [1.807, 2.05) is 0 Å². The summed E-state index contributed by atoms with van der Waals surface area (Å²) in [4.78, 5) is 11.3. The third kappa shape index (κ3) is 2.36. The van der Waals surface area contributed by atoms with Gasteiger partial charge in [0.2, 0.25) is 10.0 Å². The van der Waals surface area contributed by atoms with Crippen LogP contribution in [0.25, 0.3) is 0 Å². The number of ether oxygens (including phenoxy) is 1. The fourth-order valence-electron chi connectivity index (χ4n) is 1.80. The number of carbonyl (C=O) groups is 1. The van der Waals surface area contributed by atoms with Crippen molar-refractivity contribution in [2.45, 2.75) is 26.0 Å². The van der Waals surface area contributed by atoms with Crippen LogP contribution in [0.3, 0.4) is 0 Å². The van der Waals surface area contributed by atoms with Crippen molar-refractivity contribution in [3.05, 3.63) is 11.5 Å². The molecule has 0 radical (unpaired) electrons. The zero-order chi connectivity index (χ0) is 13.4. The van der Waals surface area contributed by atoms with Gasteiger partial charge >= 0.3 is 5.97 Å². The maximum atomic E-state index is 11.9. The first-order valence-corrected chi connectivity index (χ1v) is 6.64. The number of rotatable bonds is 3. The van der Waals surface area contributed by atoms with Gasteiger partial charge in [0, 0.05) is 6.54 Å². The van der Waals surface area contributed by atoms with Crippen LogP contribution < -0.4 is 0 Å². The fourth-order valence-corrected chi connectivity index (χ4v) is 3.48. The quantitative estimate of drug-likeness (QED) is 0.707. The monoisotopic (exact) mass is 263 g/mol. The minimum absolute atomic E-state index is 0.154. The minimum Gasteiger partial charge on any atom is -0.468 e. The molecule has 17 heavy (non-hydrogen) atoms. The number of hydrogen-bond donors (Lipinski definition) is 1. The molecule has 0 saturated carbocycles. The molecule has 1 heterocycles. The molecule has 0 bridgehead atoms. The number of methoxy groups -OCH3 is 1. The first kappa shape index (κ1) is 14.1. The second-order valence-corrected chi connectivity index (χ2v) is 6.21. The predicted molar refractivity (Wildman–Crippen MR) is 61.4 cm³/mol. The number of hydrogen-bond acceptors (Lipinski definition) is 5. The van der Waals surface area contributed by atoms with Crippen molar-refractivity contribution in [3.63, 3.8) is 0 Å². The van der Waals surface area contributed by atoms with Gasteiger partial charge in [0.25, 0.3) is 0 Å². The molecule has 0 aromatic rings. The lowest BCUT2D eigenvalue weighted by Gasteiger charge is -2.26. The summed E-state index contributed by atoms with van der Waals surface area (Å²) >= 11 is 0. The molecule has 1 N–H and O–H groups in total. The lowest BCUT2D eigenvalue weighted by molar-refractivity contribution is -0.146. The molecule has 0 aromatic carbocycles. The second kappa shape index (κ2) is 4.75. The average molecular weight is 263 g/mol. The third-order valence-electron chi connectivity index (χ3n) is 2.75. The second-order valence-electron chi connectivity index (χ2n) is 4.27. The molecule has 1 aliphatic heterocycles. The molecule has 1 saturated heterocycles. The highest BCUT2D eigenvalue weighted by atomic mass is 32.2. The van der Waals surface area contributed by atoms with Gasteiger partial charge in [-0.1, -0.05) is 20.4 Å². The molecule has 1 unspecified atom stereocenters. The summed E-state index contributed by atoms with van der Waals surface area (Å²) in [7, 11) is -2.63. The van der Waals surface area contributed by atoms with Crippen LogP contribution >= 0.6 is 0 Å². The molecule has 98 valence electrons. The molecular formula is C10H17NO5S. The van der Waals surface area contributed by atoms with Crippen molar-refractivity contribution < 1.29 is 23.1 Å². The molecule has 6 nitrogen and oxygen atoms in total. The first-order chi connectivity index (χ1) is 7.73. The van der Waals surface area contributed by atoms with Crippen LogP contribution in [0, 0.1) is 5.92 Å². The lowest BCUT2D eigenvalue weighted by atomic mass is 10.0. The van der Waals surface area contributed by atoms with E-state index in [0.29, 0.717) is 0 Å². The third-order valence-corrected chi connectivity index (χ3v) is 4.68. The van der Waals surface area contributed by atoms with E-state index in [-0.39, 0.29) is 17.4 Å². The van der Waals surface area contributed by atoms with Crippen LogP contribution in [0.2, 0.25) is 0 Å². The molecule has 0 aliphatic carbocycles. The standard InChI is InChI=1S/C10H17NO5S/c1-6(2)9(10(13)16-4)11-5-8(12)7(3)17(11,14)15/h6,8-9,12H,3,5H2,1-2,4H3/t8?,9-/m0/s1. The first-order valence-electron chi connectivity index (χ1n) is 5.20. The highest BCUT2D eigenvalue weighted by molar-refractivity contribution is 7.93. The van der Waals surface area contributed by atoms with Crippen LogP contribution in [0.4, 0.5) is 0 Å². The van der Waals surface area contributed by atoms with Crippen LogP contribution in [-0.4, -0.2) is 49.6 Å². The molecule has 1 aliphatic rings. The van der Waals surface area contributed by atoms with Gasteiger partial charge in [-0.05, 0) is 5.92 Å². The van der Waals surface area contributed by atoms with Gasteiger partial charge in [-0.3, -0.25) is 4.79 Å². The Kier molecular flexibility index (Phi) is 3.95. The molecule has 0 aromatic heterocycles.